The summed E-state index contributed by atoms with van der Waals surface area (Å²) >= 11 is 0. The Labute approximate surface area is 331 Å². The highest BCUT2D eigenvalue weighted by molar-refractivity contribution is 6.03. The van der Waals surface area contributed by atoms with Gasteiger partial charge in [-0.2, -0.15) is 0 Å². The molecule has 0 saturated heterocycles. The van der Waals surface area contributed by atoms with Crippen LogP contribution in [-0.2, 0) is 28.0 Å². The van der Waals surface area contributed by atoms with Crippen molar-refractivity contribution in [2.75, 3.05) is 23.7 Å². The summed E-state index contributed by atoms with van der Waals surface area (Å²) in [7, 11) is 0. The van der Waals surface area contributed by atoms with Crippen molar-refractivity contribution in [1.82, 2.24) is 9.97 Å². The van der Waals surface area contributed by atoms with Crippen LogP contribution in [0.5, 0.6) is 0 Å². The van der Waals surface area contributed by atoms with Gasteiger partial charge in [0, 0.05) is 66.4 Å². The number of benzene rings is 5. The van der Waals surface area contributed by atoms with Crippen LogP contribution in [0.3, 0.4) is 0 Å². The predicted molar refractivity (Wildman–Crippen MR) is 226 cm³/mol. The Hall–Kier alpha value is -6.75. The zero-order chi connectivity index (χ0) is 40.1. The van der Waals surface area contributed by atoms with Crippen molar-refractivity contribution in [2.45, 2.75) is 38.1 Å². The number of carboxylic acid groups (broad SMARTS) is 1. The smallest absolute Gasteiger partial charge is 0.335 e. The Morgan fingerprint density at radius 1 is 0.737 bits per heavy atom. The molecule has 2 heterocycles. The van der Waals surface area contributed by atoms with Crippen molar-refractivity contribution in [3.05, 3.63) is 178 Å². The summed E-state index contributed by atoms with van der Waals surface area (Å²) in [5.74, 6) is -1.99. The first-order chi connectivity index (χ1) is 27.6. The van der Waals surface area contributed by atoms with Gasteiger partial charge in [0.2, 0.25) is 0 Å². The van der Waals surface area contributed by atoms with Gasteiger partial charge in [0.15, 0.2) is 5.54 Å². The van der Waals surface area contributed by atoms with Crippen LogP contribution in [0.15, 0.2) is 134 Å². The lowest BCUT2D eigenvalue weighted by molar-refractivity contribution is -0.120. The maximum atomic E-state index is 14.6. The van der Waals surface area contributed by atoms with E-state index in [4.69, 9.17) is 11.5 Å². The molecule has 7 aromatic rings. The Morgan fingerprint density at radius 3 is 2.09 bits per heavy atom. The molecule has 2 aromatic heterocycles. The van der Waals surface area contributed by atoms with E-state index < -0.39 is 17.4 Å². The number of amides is 1. The number of pyridine rings is 2. The highest BCUT2D eigenvalue weighted by atomic mass is 16.4. The van der Waals surface area contributed by atoms with Crippen LogP contribution >= 0.6 is 0 Å². The molecule has 0 bridgehead atoms. The standard InChI is InChI=1S/C47H44N6O4/c1-29-9-14-41(45(55)56)30(2)42(29)21-31-5-3-7-35(19-31)43(25-48)44(54)22-32-6-4-8-38(20-32)47(28-49,53-40-13-11-37-27-51-18-16-34(37)24-40)46(57)52-39-12-10-36-26-50-17-15-33(36)23-39/h3-20,23-24,26-27,43,53H,21-22,25,28,48-49H2,1-2H3,(H,52,57)(H,55,56). The van der Waals surface area contributed by atoms with E-state index in [0.717, 1.165) is 49.4 Å². The van der Waals surface area contributed by atoms with Gasteiger partial charge in [-0.1, -0.05) is 66.7 Å². The van der Waals surface area contributed by atoms with Gasteiger partial charge in [0.25, 0.3) is 5.91 Å². The summed E-state index contributed by atoms with van der Waals surface area (Å²) in [6.07, 6.45) is 7.57. The second-order valence-corrected chi connectivity index (χ2v) is 14.5. The first kappa shape index (κ1) is 38.5. The fourth-order valence-electron chi connectivity index (χ4n) is 7.57. The molecule has 10 nitrogen and oxygen atoms in total. The van der Waals surface area contributed by atoms with Gasteiger partial charge in [-0.25, -0.2) is 4.79 Å². The normalized spacial score (nSPS) is 12.8. The summed E-state index contributed by atoms with van der Waals surface area (Å²) in [5, 5.41) is 20.0. The molecule has 57 heavy (non-hydrogen) atoms. The summed E-state index contributed by atoms with van der Waals surface area (Å²) in [4.78, 5) is 48.9. The minimum Gasteiger partial charge on any atom is -0.478 e. The SMILES string of the molecule is Cc1ccc(C(=O)O)c(C)c1Cc1cccc(C(CN)C(=O)Cc2cccc(C(CN)(Nc3ccc4cnccc4c3)C(=O)Nc3ccc4cnccc4c3)c2)c1. The molecule has 0 fully saturated rings. The first-order valence-electron chi connectivity index (χ1n) is 18.8. The molecular formula is C47H44N6O4. The van der Waals surface area contributed by atoms with Crippen LogP contribution in [0.25, 0.3) is 21.5 Å². The zero-order valence-corrected chi connectivity index (χ0v) is 31.8. The number of fused-ring (bicyclic) bond motifs is 2. The maximum absolute atomic E-state index is 14.6. The van der Waals surface area contributed by atoms with Crippen molar-refractivity contribution >= 4 is 50.6 Å². The Kier molecular flexibility index (Phi) is 11.2. The highest BCUT2D eigenvalue weighted by Crippen LogP contribution is 2.32. The molecule has 2 unspecified atom stereocenters. The first-order valence-corrected chi connectivity index (χ1v) is 18.8. The zero-order valence-electron chi connectivity index (χ0n) is 31.8. The Balaban J connectivity index is 1.18. The van der Waals surface area contributed by atoms with Gasteiger partial charge in [-0.3, -0.25) is 19.6 Å². The lowest BCUT2D eigenvalue weighted by Gasteiger charge is -2.34. The van der Waals surface area contributed by atoms with Crippen molar-refractivity contribution in [1.29, 1.82) is 0 Å². The Morgan fingerprint density at radius 2 is 1.40 bits per heavy atom. The number of aromatic carboxylic acids is 1. The number of aromatic nitrogens is 2. The van der Waals surface area contributed by atoms with Crippen LogP contribution in [0.4, 0.5) is 11.4 Å². The average Bonchev–Trinajstić information content (AvgIpc) is 3.21. The maximum Gasteiger partial charge on any atom is 0.335 e. The molecule has 0 aliphatic heterocycles. The molecule has 0 spiro atoms. The van der Waals surface area contributed by atoms with E-state index in [1.54, 1.807) is 30.9 Å². The van der Waals surface area contributed by atoms with Gasteiger partial charge in [0.05, 0.1) is 11.5 Å². The molecule has 286 valence electrons. The molecule has 7 N–H and O–H groups in total. The molecule has 5 aromatic carbocycles. The summed E-state index contributed by atoms with van der Waals surface area (Å²) < 4.78 is 0. The van der Waals surface area contributed by atoms with Crippen molar-refractivity contribution in [2.24, 2.45) is 11.5 Å². The molecule has 1 amide bonds. The van der Waals surface area contributed by atoms with Crippen LogP contribution in [0.1, 0.15) is 55.2 Å². The second kappa shape index (κ2) is 16.5. The fraction of sp³-hybridized carbons (Fsp3) is 0.170. The largest absolute Gasteiger partial charge is 0.478 e. The number of nitrogens with one attached hydrogen (secondary N) is 2. The highest BCUT2D eigenvalue weighted by Gasteiger charge is 2.40. The number of nitrogens with zero attached hydrogens (tertiary/aromatic N) is 2. The number of ketones is 1. The van der Waals surface area contributed by atoms with Gasteiger partial charge in [-0.15, -0.1) is 0 Å². The van der Waals surface area contributed by atoms with E-state index in [1.165, 1.54) is 0 Å². The van der Waals surface area contributed by atoms with E-state index in [2.05, 4.69) is 20.6 Å². The fourth-order valence-corrected chi connectivity index (χ4v) is 7.57. The number of carbonyl (C=O) groups excluding carboxylic acids is 2. The molecule has 2 atom stereocenters. The summed E-state index contributed by atoms with van der Waals surface area (Å²) in [5.41, 5.74) is 18.7. The van der Waals surface area contributed by atoms with Crippen LogP contribution < -0.4 is 22.1 Å². The van der Waals surface area contributed by atoms with Crippen LogP contribution in [0, 0.1) is 13.8 Å². The quantitative estimate of drug-likeness (QED) is 0.0756. The van der Waals surface area contributed by atoms with Crippen LogP contribution in [0.2, 0.25) is 0 Å². The molecular weight excluding hydrogens is 713 g/mol. The van der Waals surface area contributed by atoms with E-state index in [1.807, 2.05) is 117 Å². The van der Waals surface area contributed by atoms with Crippen LogP contribution in [-0.4, -0.2) is 45.8 Å². The predicted octanol–water partition coefficient (Wildman–Crippen LogP) is 7.45. The van der Waals surface area contributed by atoms with E-state index in [9.17, 15) is 19.5 Å². The van der Waals surface area contributed by atoms with Gasteiger partial charge >= 0.3 is 5.97 Å². The number of nitrogens with two attached hydrogens (primary N) is 2. The summed E-state index contributed by atoms with van der Waals surface area (Å²) in [6.45, 7) is 3.80. The average molecular weight is 757 g/mol. The molecule has 7 rings (SSSR count). The molecule has 0 aliphatic rings. The summed E-state index contributed by atoms with van der Waals surface area (Å²) in [6, 6.07) is 33.8. The lowest BCUT2D eigenvalue weighted by Crippen LogP contribution is -2.52. The number of rotatable bonds is 14. The molecule has 0 saturated carbocycles. The second-order valence-electron chi connectivity index (χ2n) is 14.5. The topological polar surface area (TPSA) is 173 Å². The number of anilines is 2. The minimum atomic E-state index is -1.44. The molecule has 0 aliphatic carbocycles. The number of carboxylic acids is 1. The van der Waals surface area contributed by atoms with Gasteiger partial charge in [0.1, 0.15) is 5.78 Å². The van der Waals surface area contributed by atoms with Crippen molar-refractivity contribution in [3.63, 3.8) is 0 Å². The number of carbonyl (C=O) groups is 3. The monoisotopic (exact) mass is 756 g/mol. The van der Waals surface area contributed by atoms with E-state index >= 15 is 0 Å². The number of hydrogen-bond acceptors (Lipinski definition) is 8. The van der Waals surface area contributed by atoms with Crippen molar-refractivity contribution < 1.29 is 19.5 Å². The Bertz CT molecular complexity index is 2640. The van der Waals surface area contributed by atoms with Gasteiger partial charge < -0.3 is 27.2 Å². The van der Waals surface area contributed by atoms with E-state index in [-0.39, 0.29) is 36.8 Å². The third-order valence-corrected chi connectivity index (χ3v) is 10.8. The lowest BCUT2D eigenvalue weighted by atomic mass is 9.85. The third-order valence-electron chi connectivity index (χ3n) is 10.8. The number of aryl methyl sites for hydroxylation is 1. The number of hydrogen-bond donors (Lipinski definition) is 5. The van der Waals surface area contributed by atoms with E-state index in [0.29, 0.717) is 28.9 Å². The minimum absolute atomic E-state index is 0.0722. The molecule has 0 radical (unpaired) electrons. The molecule has 10 heteroatoms. The van der Waals surface area contributed by atoms with Crippen molar-refractivity contribution in [3.8, 4) is 0 Å². The third kappa shape index (κ3) is 8.14. The van der Waals surface area contributed by atoms with Gasteiger partial charge in [-0.05, 0) is 112 Å². The number of Topliss-reactive ketones (excluding diaryl/α,β-unsaturated/α-hetero) is 1.